The van der Waals surface area contributed by atoms with Gasteiger partial charge in [-0.25, -0.2) is 4.98 Å². The van der Waals surface area contributed by atoms with Gasteiger partial charge in [0.15, 0.2) is 0 Å². The van der Waals surface area contributed by atoms with E-state index in [9.17, 15) is 4.79 Å². The van der Waals surface area contributed by atoms with Crippen LogP contribution in [0.15, 0.2) is 66.3 Å². The minimum absolute atomic E-state index is 0.225. The Labute approximate surface area is 251 Å². The zero-order valence-electron chi connectivity index (χ0n) is 24.4. The van der Waals surface area contributed by atoms with Crippen LogP contribution < -0.4 is 15.0 Å². The molecule has 0 unspecified atom stereocenters. The highest BCUT2D eigenvalue weighted by molar-refractivity contribution is 7.13. The van der Waals surface area contributed by atoms with E-state index in [2.05, 4.69) is 44.1 Å². The van der Waals surface area contributed by atoms with Gasteiger partial charge in [-0.2, -0.15) is 10.2 Å². The number of hydrogen-bond donors (Lipinski definition) is 1. The van der Waals surface area contributed by atoms with Crippen LogP contribution in [0.2, 0.25) is 0 Å². The van der Waals surface area contributed by atoms with Gasteiger partial charge >= 0.3 is 0 Å². The standard InChI is InChI=1S/C33H38N6O2S/c1-3-17-38-19-14-33(15-20-38)13-7-18-39(23-33)30-24(2)29(41-26-8-5-4-6-9-26)11-10-27(30)36-31(40)28-22-42-32(37-28)25-12-16-34-35-21-25/h4-6,8-12,16,21-22H,3,7,13-15,17-20,23H2,1-2H3,(H,36,40). The summed E-state index contributed by atoms with van der Waals surface area (Å²) in [6, 6.07) is 15.6. The van der Waals surface area contributed by atoms with Crippen molar-refractivity contribution in [1.82, 2.24) is 20.1 Å². The van der Waals surface area contributed by atoms with Crippen LogP contribution in [0, 0.1) is 12.3 Å². The van der Waals surface area contributed by atoms with Gasteiger partial charge in [0.2, 0.25) is 0 Å². The molecule has 6 rings (SSSR count). The lowest BCUT2D eigenvalue weighted by Gasteiger charge is -2.49. The molecule has 1 spiro atoms. The lowest BCUT2D eigenvalue weighted by molar-refractivity contribution is 0.0881. The Morgan fingerprint density at radius 2 is 1.88 bits per heavy atom. The topological polar surface area (TPSA) is 83.5 Å². The number of carbonyl (C=O) groups excluding carboxylic acids is 1. The highest BCUT2D eigenvalue weighted by atomic mass is 32.1. The summed E-state index contributed by atoms with van der Waals surface area (Å²) in [5.74, 6) is 1.37. The Morgan fingerprint density at radius 1 is 1.05 bits per heavy atom. The summed E-state index contributed by atoms with van der Waals surface area (Å²) in [5.41, 5.74) is 4.39. The van der Waals surface area contributed by atoms with Gasteiger partial charge in [-0.05, 0) is 94.4 Å². The number of hydrogen-bond acceptors (Lipinski definition) is 8. The molecule has 0 bridgehead atoms. The van der Waals surface area contributed by atoms with Crippen LogP contribution in [0.25, 0.3) is 10.6 Å². The van der Waals surface area contributed by atoms with E-state index in [-0.39, 0.29) is 5.91 Å². The largest absolute Gasteiger partial charge is 0.457 e. The molecule has 0 aliphatic carbocycles. The maximum Gasteiger partial charge on any atom is 0.275 e. The van der Waals surface area contributed by atoms with Crippen LogP contribution in [-0.2, 0) is 0 Å². The number of aromatic nitrogens is 3. The van der Waals surface area contributed by atoms with Gasteiger partial charge in [-0.15, -0.1) is 11.3 Å². The van der Waals surface area contributed by atoms with Crippen LogP contribution in [0.3, 0.4) is 0 Å². The Hall–Kier alpha value is -3.82. The molecule has 0 saturated carbocycles. The van der Waals surface area contributed by atoms with Gasteiger partial charge in [0.25, 0.3) is 5.91 Å². The van der Waals surface area contributed by atoms with Crippen LogP contribution in [0.1, 0.15) is 55.1 Å². The summed E-state index contributed by atoms with van der Waals surface area (Å²) in [5, 5.41) is 13.5. The first kappa shape index (κ1) is 28.3. The van der Waals surface area contributed by atoms with Gasteiger partial charge in [-0.1, -0.05) is 25.1 Å². The third-order valence-electron chi connectivity index (χ3n) is 8.60. The monoisotopic (exact) mass is 582 g/mol. The normalized spacial score (nSPS) is 16.9. The molecule has 8 nitrogen and oxygen atoms in total. The molecular weight excluding hydrogens is 544 g/mol. The number of rotatable bonds is 8. The average molecular weight is 583 g/mol. The Morgan fingerprint density at radius 3 is 2.64 bits per heavy atom. The van der Waals surface area contributed by atoms with Gasteiger partial charge in [0, 0.05) is 29.6 Å². The van der Waals surface area contributed by atoms with E-state index in [0.29, 0.717) is 11.1 Å². The van der Waals surface area contributed by atoms with Crippen molar-refractivity contribution in [3.05, 3.63) is 77.6 Å². The van der Waals surface area contributed by atoms with Crippen molar-refractivity contribution in [2.45, 2.75) is 46.0 Å². The fourth-order valence-corrected chi connectivity index (χ4v) is 7.20. The van der Waals surface area contributed by atoms with Crippen LogP contribution in [0.5, 0.6) is 11.5 Å². The quantitative estimate of drug-likeness (QED) is 0.238. The zero-order chi connectivity index (χ0) is 28.9. The molecule has 4 aromatic rings. The molecule has 2 aliphatic rings. The molecule has 2 aliphatic heterocycles. The molecule has 218 valence electrons. The van der Waals surface area contributed by atoms with Crippen LogP contribution in [-0.4, -0.2) is 58.7 Å². The van der Waals surface area contributed by atoms with Crippen LogP contribution in [0.4, 0.5) is 11.4 Å². The molecule has 4 heterocycles. The van der Waals surface area contributed by atoms with Crippen molar-refractivity contribution in [2.24, 2.45) is 5.41 Å². The third kappa shape index (κ3) is 6.17. The maximum atomic E-state index is 13.5. The average Bonchev–Trinajstić information content (AvgIpc) is 3.52. The molecule has 2 aromatic carbocycles. The molecule has 1 N–H and O–H groups in total. The second kappa shape index (κ2) is 12.6. The minimum atomic E-state index is -0.225. The first-order chi connectivity index (χ1) is 20.5. The highest BCUT2D eigenvalue weighted by Crippen LogP contribution is 2.45. The number of carbonyl (C=O) groups is 1. The molecule has 2 saturated heterocycles. The number of ether oxygens (including phenoxy) is 1. The number of nitrogens with zero attached hydrogens (tertiary/aromatic N) is 5. The van der Waals surface area contributed by atoms with E-state index in [0.717, 1.165) is 58.5 Å². The number of amides is 1. The molecule has 0 radical (unpaired) electrons. The van der Waals surface area contributed by atoms with Gasteiger partial charge < -0.3 is 19.9 Å². The zero-order valence-corrected chi connectivity index (χ0v) is 25.2. The Kier molecular flexibility index (Phi) is 8.48. The predicted octanol–water partition coefficient (Wildman–Crippen LogP) is 7.05. The SMILES string of the molecule is CCCN1CCC2(CCCN(c3c(NC(=O)c4csc(-c5ccnnc5)n4)ccc(Oc4ccccc4)c3C)C2)CC1. The third-order valence-corrected chi connectivity index (χ3v) is 9.49. The number of piperidine rings is 2. The number of para-hydroxylation sites is 1. The van der Waals surface area contributed by atoms with Crippen molar-refractivity contribution in [3.63, 3.8) is 0 Å². The van der Waals surface area contributed by atoms with Crippen molar-refractivity contribution < 1.29 is 9.53 Å². The van der Waals surface area contributed by atoms with E-state index >= 15 is 0 Å². The van der Waals surface area contributed by atoms with E-state index in [1.165, 1.54) is 56.7 Å². The molecule has 0 atom stereocenters. The van der Waals surface area contributed by atoms with Gasteiger partial charge in [0.05, 0.1) is 23.8 Å². The smallest absolute Gasteiger partial charge is 0.275 e. The molecule has 9 heteroatoms. The predicted molar refractivity (Wildman–Crippen MR) is 169 cm³/mol. The number of nitrogens with one attached hydrogen (secondary N) is 1. The first-order valence-corrected chi connectivity index (χ1v) is 15.8. The Bertz CT molecular complexity index is 1500. The number of likely N-dealkylation sites (tertiary alicyclic amines) is 1. The second-order valence-electron chi connectivity index (χ2n) is 11.5. The van der Waals surface area contributed by atoms with Crippen molar-refractivity contribution in [2.75, 3.05) is 42.9 Å². The summed E-state index contributed by atoms with van der Waals surface area (Å²) in [4.78, 5) is 23.2. The fraction of sp³-hybridized carbons (Fsp3) is 0.394. The molecule has 2 aromatic heterocycles. The number of anilines is 2. The molecule has 1 amide bonds. The summed E-state index contributed by atoms with van der Waals surface area (Å²) in [7, 11) is 0. The minimum Gasteiger partial charge on any atom is -0.457 e. The number of benzene rings is 2. The van der Waals surface area contributed by atoms with Crippen LogP contribution >= 0.6 is 11.3 Å². The van der Waals surface area contributed by atoms with E-state index in [4.69, 9.17) is 4.74 Å². The number of thiazole rings is 1. The lowest BCUT2D eigenvalue weighted by atomic mass is 9.72. The molecule has 2 fully saturated rings. The Balaban J connectivity index is 1.29. The van der Waals surface area contributed by atoms with E-state index < -0.39 is 0 Å². The maximum absolute atomic E-state index is 13.5. The van der Waals surface area contributed by atoms with Gasteiger partial charge in [0.1, 0.15) is 22.2 Å². The summed E-state index contributed by atoms with van der Waals surface area (Å²) < 4.78 is 6.35. The van der Waals surface area contributed by atoms with Crippen molar-refractivity contribution in [3.8, 4) is 22.1 Å². The van der Waals surface area contributed by atoms with Gasteiger partial charge in [-0.3, -0.25) is 4.79 Å². The summed E-state index contributed by atoms with van der Waals surface area (Å²) in [6.07, 6.45) is 9.33. The van der Waals surface area contributed by atoms with Crippen molar-refractivity contribution in [1.29, 1.82) is 0 Å². The van der Waals surface area contributed by atoms with Crippen molar-refractivity contribution >= 4 is 28.6 Å². The summed E-state index contributed by atoms with van der Waals surface area (Å²) in [6.45, 7) is 9.83. The molecular formula is C33H38N6O2S. The second-order valence-corrected chi connectivity index (χ2v) is 12.3. The first-order valence-electron chi connectivity index (χ1n) is 14.9. The van der Waals surface area contributed by atoms with E-state index in [1.54, 1.807) is 17.8 Å². The summed E-state index contributed by atoms with van der Waals surface area (Å²) >= 11 is 1.42. The fourth-order valence-electron chi connectivity index (χ4n) is 6.40. The molecule has 42 heavy (non-hydrogen) atoms. The van der Waals surface area contributed by atoms with E-state index in [1.807, 2.05) is 48.5 Å². The highest BCUT2D eigenvalue weighted by Gasteiger charge is 2.39. The lowest BCUT2D eigenvalue weighted by Crippen LogP contribution is -2.50.